The first-order valence-corrected chi connectivity index (χ1v) is 15.4. The summed E-state index contributed by atoms with van der Waals surface area (Å²) in [7, 11) is -8.23. The Morgan fingerprint density at radius 1 is 1.09 bits per heavy atom. The highest BCUT2D eigenvalue weighted by molar-refractivity contribution is 7.91. The first-order valence-electron chi connectivity index (χ1n) is 10.5. The van der Waals surface area contributed by atoms with Gasteiger partial charge in [0.15, 0.2) is 9.84 Å². The van der Waals surface area contributed by atoms with Crippen molar-refractivity contribution in [2.45, 2.75) is 37.8 Å². The third-order valence-electron chi connectivity index (χ3n) is 6.07. The molecule has 2 heterocycles. The summed E-state index contributed by atoms with van der Waals surface area (Å²) in [6.07, 6.45) is 0.465. The number of sulfonamides is 2. The molecule has 10 nitrogen and oxygen atoms in total. The van der Waals surface area contributed by atoms with Gasteiger partial charge in [-0.25, -0.2) is 33.9 Å². The molecule has 3 rings (SSSR count). The molecule has 1 atom stereocenters. The van der Waals surface area contributed by atoms with E-state index in [1.165, 1.54) is 14.1 Å². The van der Waals surface area contributed by atoms with Gasteiger partial charge >= 0.3 is 0 Å². The number of sulfone groups is 1. The molecule has 0 unspecified atom stereocenters. The van der Waals surface area contributed by atoms with Crippen molar-refractivity contribution in [2.24, 2.45) is 0 Å². The first kappa shape index (κ1) is 26.7. The van der Waals surface area contributed by atoms with Crippen molar-refractivity contribution < 1.29 is 29.6 Å². The summed E-state index contributed by atoms with van der Waals surface area (Å²) in [6.45, 7) is 3.26. The van der Waals surface area contributed by atoms with Crippen molar-refractivity contribution in [1.82, 2.24) is 18.4 Å². The molecule has 190 valence electrons. The standard InChI is InChI=1S/C20H29FN4O6S3/c1-15-20(16(2)25(22-15)18-9-11-32(26,27)14-18)13-24(4)33(28,29)12-10-23(3)34(30,31)19-7-5-17(21)6-8-19/h5-8,18H,9-14H2,1-4H3/t18-/m0/s1. The number of benzene rings is 1. The Morgan fingerprint density at radius 3 is 2.26 bits per heavy atom. The lowest BCUT2D eigenvalue weighted by Gasteiger charge is -2.21. The molecule has 0 amide bonds. The fourth-order valence-corrected chi connectivity index (χ4v) is 8.00. The van der Waals surface area contributed by atoms with Crippen molar-refractivity contribution in [2.75, 3.05) is 37.9 Å². The maximum absolute atomic E-state index is 13.1. The third-order valence-corrected chi connectivity index (χ3v) is 11.5. The van der Waals surface area contributed by atoms with Gasteiger partial charge in [-0.3, -0.25) is 4.68 Å². The number of nitrogens with zero attached hydrogens (tertiary/aromatic N) is 4. The third kappa shape index (κ3) is 5.67. The van der Waals surface area contributed by atoms with E-state index in [1.807, 2.05) is 0 Å². The second-order valence-corrected chi connectivity index (χ2v) is 15.0. The summed E-state index contributed by atoms with van der Waals surface area (Å²) in [5.41, 5.74) is 2.00. The minimum absolute atomic E-state index is 0.0113. The minimum Gasteiger partial charge on any atom is -0.265 e. The fourth-order valence-electron chi connectivity index (χ4n) is 3.88. The number of aromatic nitrogens is 2. The van der Waals surface area contributed by atoms with Crippen LogP contribution < -0.4 is 0 Å². The van der Waals surface area contributed by atoms with Crippen LogP contribution in [0, 0.1) is 19.7 Å². The smallest absolute Gasteiger partial charge is 0.242 e. The van der Waals surface area contributed by atoms with Gasteiger partial charge in [0.05, 0.1) is 33.9 Å². The Balaban J connectivity index is 1.69. The summed E-state index contributed by atoms with van der Waals surface area (Å²) in [5, 5.41) is 4.46. The summed E-state index contributed by atoms with van der Waals surface area (Å²) in [5.74, 6) is -0.909. The monoisotopic (exact) mass is 536 g/mol. The molecule has 2 aromatic rings. The van der Waals surface area contributed by atoms with Gasteiger partial charge in [-0.05, 0) is 44.5 Å². The SMILES string of the molecule is Cc1nn([C@H]2CCS(=O)(=O)C2)c(C)c1CN(C)S(=O)(=O)CCN(C)S(=O)(=O)c1ccc(F)cc1. The van der Waals surface area contributed by atoms with Crippen molar-refractivity contribution in [1.29, 1.82) is 0 Å². The molecule has 0 aliphatic carbocycles. The second-order valence-electron chi connectivity index (χ2n) is 8.50. The van der Waals surface area contributed by atoms with Gasteiger partial charge in [0.2, 0.25) is 20.0 Å². The molecule has 0 saturated carbocycles. The van der Waals surface area contributed by atoms with Gasteiger partial charge in [-0.1, -0.05) is 0 Å². The first-order chi connectivity index (χ1) is 15.6. The highest BCUT2D eigenvalue weighted by Gasteiger charge is 2.32. The molecule has 1 aromatic heterocycles. The Hall–Kier alpha value is -1.87. The zero-order chi connectivity index (χ0) is 25.5. The van der Waals surface area contributed by atoms with Crippen molar-refractivity contribution in [3.05, 3.63) is 47.0 Å². The average Bonchev–Trinajstić information content (AvgIpc) is 3.25. The molecule has 0 radical (unpaired) electrons. The predicted molar refractivity (Wildman–Crippen MR) is 125 cm³/mol. The zero-order valence-corrected chi connectivity index (χ0v) is 21.9. The Kier molecular flexibility index (Phi) is 7.58. The Morgan fingerprint density at radius 2 is 1.71 bits per heavy atom. The molecule has 14 heteroatoms. The lowest BCUT2D eigenvalue weighted by molar-refractivity contribution is 0.449. The van der Waals surface area contributed by atoms with Crippen LogP contribution in [-0.2, 0) is 36.4 Å². The van der Waals surface area contributed by atoms with E-state index >= 15 is 0 Å². The maximum Gasteiger partial charge on any atom is 0.242 e. The molecule has 0 bridgehead atoms. The Bertz CT molecular complexity index is 1370. The van der Waals surface area contributed by atoms with Crippen molar-refractivity contribution in [3.63, 3.8) is 0 Å². The molecule has 1 aliphatic heterocycles. The lowest BCUT2D eigenvalue weighted by Crippen LogP contribution is -2.36. The number of aryl methyl sites for hydroxylation is 1. The van der Waals surface area contributed by atoms with Gasteiger partial charge in [0, 0.05) is 38.4 Å². The lowest BCUT2D eigenvalue weighted by atomic mass is 10.2. The molecule has 0 N–H and O–H groups in total. The van der Waals surface area contributed by atoms with E-state index in [1.54, 1.807) is 18.5 Å². The van der Waals surface area contributed by atoms with E-state index in [4.69, 9.17) is 0 Å². The average molecular weight is 537 g/mol. The van der Waals surface area contributed by atoms with Crippen molar-refractivity contribution >= 4 is 29.9 Å². The minimum atomic E-state index is -3.97. The van der Waals surface area contributed by atoms with E-state index in [2.05, 4.69) is 5.10 Å². The van der Waals surface area contributed by atoms with Crippen LogP contribution in [0.2, 0.25) is 0 Å². The van der Waals surface area contributed by atoms with E-state index in [0.29, 0.717) is 23.4 Å². The molecule has 1 fully saturated rings. The molecular weight excluding hydrogens is 507 g/mol. The summed E-state index contributed by atoms with van der Waals surface area (Å²) in [6, 6.07) is 4.03. The van der Waals surface area contributed by atoms with Crippen LogP contribution in [0.3, 0.4) is 0 Å². The summed E-state index contributed by atoms with van der Waals surface area (Å²) >= 11 is 0. The van der Waals surface area contributed by atoms with Crippen LogP contribution in [0.25, 0.3) is 0 Å². The second kappa shape index (κ2) is 9.64. The number of rotatable bonds is 9. The normalized spacial score (nSPS) is 18.7. The van der Waals surface area contributed by atoms with Crippen molar-refractivity contribution in [3.8, 4) is 0 Å². The highest BCUT2D eigenvalue weighted by atomic mass is 32.2. The van der Waals surface area contributed by atoms with Crippen LogP contribution in [0.5, 0.6) is 0 Å². The zero-order valence-electron chi connectivity index (χ0n) is 19.5. The van der Waals surface area contributed by atoms with Gasteiger partial charge in [-0.2, -0.15) is 9.40 Å². The number of hydrogen-bond donors (Lipinski definition) is 0. The van der Waals surface area contributed by atoms with Crippen LogP contribution in [0.4, 0.5) is 4.39 Å². The van der Waals surface area contributed by atoms with Crippen LogP contribution in [0.1, 0.15) is 29.4 Å². The molecule has 1 aromatic carbocycles. The maximum atomic E-state index is 13.1. The van der Waals surface area contributed by atoms with Crippen LogP contribution in [-0.4, -0.2) is 81.5 Å². The molecule has 0 spiro atoms. The quantitative estimate of drug-likeness (QED) is 0.469. The van der Waals surface area contributed by atoms with Crippen LogP contribution >= 0.6 is 0 Å². The number of hydrogen-bond acceptors (Lipinski definition) is 7. The predicted octanol–water partition coefficient (Wildman–Crippen LogP) is 1.08. The van der Waals surface area contributed by atoms with Gasteiger partial charge < -0.3 is 0 Å². The topological polar surface area (TPSA) is 127 Å². The van der Waals surface area contributed by atoms with Crippen LogP contribution in [0.15, 0.2) is 29.2 Å². The van der Waals surface area contributed by atoms with Gasteiger partial charge in [-0.15, -0.1) is 0 Å². The van der Waals surface area contributed by atoms with E-state index < -0.39 is 41.5 Å². The number of halogens is 1. The van der Waals surface area contributed by atoms with E-state index in [-0.39, 0.29) is 35.5 Å². The fraction of sp³-hybridized carbons (Fsp3) is 0.550. The molecule has 1 saturated heterocycles. The van der Waals surface area contributed by atoms with Gasteiger partial charge in [0.1, 0.15) is 5.82 Å². The van der Waals surface area contributed by atoms with E-state index in [0.717, 1.165) is 32.9 Å². The summed E-state index contributed by atoms with van der Waals surface area (Å²) in [4.78, 5) is -0.130. The van der Waals surface area contributed by atoms with E-state index in [9.17, 15) is 29.6 Å². The Labute approximate surface area is 200 Å². The highest BCUT2D eigenvalue weighted by Crippen LogP contribution is 2.27. The molecule has 1 aliphatic rings. The summed E-state index contributed by atoms with van der Waals surface area (Å²) < 4.78 is 91.5. The molecular formula is C20H29FN4O6S3. The largest absolute Gasteiger partial charge is 0.265 e. The molecule has 34 heavy (non-hydrogen) atoms. The van der Waals surface area contributed by atoms with Gasteiger partial charge in [0.25, 0.3) is 0 Å².